The first-order valence-corrected chi connectivity index (χ1v) is 10.6. The van der Waals surface area contributed by atoms with Crippen molar-refractivity contribution >= 4 is 27.8 Å². The lowest BCUT2D eigenvalue weighted by Crippen LogP contribution is -2.39. The summed E-state index contributed by atoms with van der Waals surface area (Å²) in [6.07, 6.45) is -2.64. The highest BCUT2D eigenvalue weighted by Gasteiger charge is 2.16. The molecule has 0 aliphatic carbocycles. The maximum absolute atomic E-state index is 13.9. The predicted molar refractivity (Wildman–Crippen MR) is 123 cm³/mol. The molecule has 12 heteroatoms. The van der Waals surface area contributed by atoms with E-state index in [1.165, 1.54) is 41.1 Å². The third-order valence-electron chi connectivity index (χ3n) is 4.94. The average molecular weight is 490 g/mol. The number of aromatic nitrogens is 4. The fraction of sp³-hybridized carbons (Fsp3) is 0.304. The fourth-order valence-corrected chi connectivity index (χ4v) is 3.12. The summed E-state index contributed by atoms with van der Waals surface area (Å²) in [4.78, 5) is 24.4. The first-order valence-electron chi connectivity index (χ1n) is 10.6. The number of likely N-dealkylation sites (N-methyl/N-ethyl adjacent to an activating group) is 1. The van der Waals surface area contributed by atoms with Crippen LogP contribution in [-0.2, 0) is 0 Å². The molecule has 0 fully saturated rings. The van der Waals surface area contributed by atoms with E-state index in [4.69, 9.17) is 0 Å². The quantitative estimate of drug-likeness (QED) is 0.397. The van der Waals surface area contributed by atoms with Crippen LogP contribution in [0.2, 0.25) is 0 Å². The van der Waals surface area contributed by atoms with Crippen molar-refractivity contribution in [3.8, 4) is 5.69 Å². The maximum Gasteiger partial charge on any atom is 0.299 e. The Hall–Kier alpha value is -3.77. The molecular formula is C23H25F3N6O3. The molecule has 0 aliphatic rings. The molecule has 2 heterocycles. The number of halogens is 3. The second-order valence-electron chi connectivity index (χ2n) is 8.68. The molecule has 0 bridgehead atoms. The number of hydrogen-bond acceptors (Lipinski definition) is 5. The van der Waals surface area contributed by atoms with Gasteiger partial charge in [-0.3, -0.25) is 14.7 Å². The molecule has 2 N–H and O–H groups in total. The first kappa shape index (κ1) is 25.8. The van der Waals surface area contributed by atoms with Crippen LogP contribution < -0.4 is 16.0 Å². The molecule has 0 saturated carbocycles. The Labute approximate surface area is 198 Å². The summed E-state index contributed by atoms with van der Waals surface area (Å²) in [5.41, 5.74) is 0.460. The summed E-state index contributed by atoms with van der Waals surface area (Å²) in [5, 5.41) is 22.9. The monoisotopic (exact) mass is 490 g/mol. The molecule has 4 aromatic rings. The summed E-state index contributed by atoms with van der Waals surface area (Å²) in [6.45, 7) is 0.00780. The molecule has 0 unspecified atom stereocenters. The van der Waals surface area contributed by atoms with Gasteiger partial charge in [-0.15, -0.1) is 10.2 Å². The van der Waals surface area contributed by atoms with Gasteiger partial charge in [0.1, 0.15) is 5.52 Å². The molecule has 4 rings (SSSR count). The Kier molecular flexibility index (Phi) is 7.87. The molecule has 0 atom stereocenters. The maximum atomic E-state index is 13.9. The zero-order valence-electron chi connectivity index (χ0n) is 19.4. The molecule has 9 nitrogen and oxygen atoms in total. The third kappa shape index (κ3) is 6.22. The van der Waals surface area contributed by atoms with E-state index >= 15 is 0 Å². The minimum atomic E-state index is -2.64. The van der Waals surface area contributed by atoms with E-state index in [1.54, 1.807) is 6.07 Å². The summed E-state index contributed by atoms with van der Waals surface area (Å²) >= 11 is 0. The van der Waals surface area contributed by atoms with Gasteiger partial charge in [0, 0.05) is 10.9 Å². The Morgan fingerprint density at radius 3 is 2.34 bits per heavy atom. The Morgan fingerprint density at radius 2 is 1.77 bits per heavy atom. The lowest BCUT2D eigenvalue weighted by atomic mass is 10.2. The van der Waals surface area contributed by atoms with Crippen LogP contribution in [-0.4, -0.2) is 77.6 Å². The van der Waals surface area contributed by atoms with Crippen LogP contribution in [0, 0.1) is 5.82 Å². The molecular weight excluding hydrogens is 465 g/mol. The van der Waals surface area contributed by atoms with Crippen LogP contribution in [0.5, 0.6) is 0 Å². The van der Waals surface area contributed by atoms with Gasteiger partial charge in [-0.25, -0.2) is 17.9 Å². The number of nitrogens with zero attached hydrogens (tertiary/aromatic N) is 4. The van der Waals surface area contributed by atoms with Gasteiger partial charge in [0.2, 0.25) is 0 Å². The SMILES string of the molecule is C[N+](C)(C)CC[O-].O=C(NCC(F)F)c1ccc(-n2[nH]c3c(nnc4c(F)cccc43)c2=O)cc1. The standard InChI is InChI=1S/C18H12F3N5O2.C5H13NO/c19-12-3-1-2-11-14(12)23-24-16-15(11)25-26(18(16)28)10-6-4-9(5-7-10)17(27)22-8-13(20)21;1-6(2,3)4-5-7/h1-7,13,25H,8H2,(H,22,27);4-5H2,1-3H3. The van der Waals surface area contributed by atoms with E-state index in [0.717, 1.165) is 11.0 Å². The zero-order valence-corrected chi connectivity index (χ0v) is 19.4. The molecule has 0 radical (unpaired) electrons. The summed E-state index contributed by atoms with van der Waals surface area (Å²) in [6, 6.07) is 10.1. The third-order valence-corrected chi connectivity index (χ3v) is 4.94. The van der Waals surface area contributed by atoms with Crippen molar-refractivity contribution in [2.75, 3.05) is 40.8 Å². The molecule has 0 aliphatic heterocycles. The minimum absolute atomic E-state index is 0.0312. The van der Waals surface area contributed by atoms with Crippen molar-refractivity contribution in [2.45, 2.75) is 6.43 Å². The first-order chi connectivity index (χ1) is 16.5. The molecule has 35 heavy (non-hydrogen) atoms. The van der Waals surface area contributed by atoms with Crippen LogP contribution in [0.15, 0.2) is 47.3 Å². The van der Waals surface area contributed by atoms with Crippen LogP contribution in [0.3, 0.4) is 0 Å². The summed E-state index contributed by atoms with van der Waals surface area (Å²) < 4.78 is 40.2. The van der Waals surface area contributed by atoms with Crippen molar-refractivity contribution in [3.63, 3.8) is 0 Å². The number of amides is 1. The molecule has 1 amide bonds. The van der Waals surface area contributed by atoms with Gasteiger partial charge in [0.25, 0.3) is 17.9 Å². The van der Waals surface area contributed by atoms with Crippen molar-refractivity contribution in [1.82, 2.24) is 25.3 Å². The number of hydrogen-bond donors (Lipinski definition) is 2. The van der Waals surface area contributed by atoms with Crippen molar-refractivity contribution in [2.24, 2.45) is 0 Å². The normalized spacial score (nSPS) is 11.5. The summed E-state index contributed by atoms with van der Waals surface area (Å²) in [7, 11) is 6.04. The molecule has 0 saturated heterocycles. The Bertz CT molecular complexity index is 1380. The number of alkyl halides is 2. The van der Waals surface area contributed by atoms with Gasteiger partial charge in [0.05, 0.1) is 45.4 Å². The number of benzene rings is 2. The molecule has 2 aromatic heterocycles. The van der Waals surface area contributed by atoms with E-state index in [9.17, 15) is 27.9 Å². The smallest absolute Gasteiger partial charge is 0.299 e. The molecule has 0 spiro atoms. The zero-order chi connectivity index (χ0) is 25.8. The highest BCUT2D eigenvalue weighted by Crippen LogP contribution is 2.21. The second kappa shape index (κ2) is 10.7. The fourth-order valence-electron chi connectivity index (χ4n) is 3.12. The van der Waals surface area contributed by atoms with Gasteiger partial charge >= 0.3 is 0 Å². The largest absolute Gasteiger partial charge is 0.850 e. The number of nitrogens with one attached hydrogen (secondary N) is 2. The van der Waals surface area contributed by atoms with Gasteiger partial charge in [0.15, 0.2) is 11.3 Å². The van der Waals surface area contributed by atoms with Crippen LogP contribution >= 0.6 is 0 Å². The van der Waals surface area contributed by atoms with Crippen molar-refractivity contribution in [3.05, 3.63) is 64.2 Å². The van der Waals surface area contributed by atoms with Crippen LogP contribution in [0.4, 0.5) is 13.2 Å². The lowest BCUT2D eigenvalue weighted by molar-refractivity contribution is -0.875. The molecule has 186 valence electrons. The van der Waals surface area contributed by atoms with Gasteiger partial charge in [-0.1, -0.05) is 18.7 Å². The number of fused-ring (bicyclic) bond motifs is 3. The van der Waals surface area contributed by atoms with Crippen molar-refractivity contribution < 1.29 is 27.6 Å². The number of aromatic amines is 1. The van der Waals surface area contributed by atoms with E-state index in [1.807, 2.05) is 21.1 Å². The lowest BCUT2D eigenvalue weighted by Gasteiger charge is -2.25. The second-order valence-corrected chi connectivity index (χ2v) is 8.68. The number of quaternary nitrogens is 1. The molecule has 2 aromatic carbocycles. The average Bonchev–Trinajstić information content (AvgIpc) is 3.14. The van der Waals surface area contributed by atoms with Gasteiger partial charge in [-0.2, -0.15) is 0 Å². The number of carbonyl (C=O) groups is 1. The summed E-state index contributed by atoms with van der Waals surface area (Å²) in [5.74, 6) is -1.21. The highest BCUT2D eigenvalue weighted by molar-refractivity contribution is 6.01. The predicted octanol–water partition coefficient (Wildman–Crippen LogP) is 1.45. The number of carbonyl (C=O) groups excluding carboxylic acids is 1. The highest BCUT2D eigenvalue weighted by atomic mass is 19.3. The minimum Gasteiger partial charge on any atom is -0.850 e. The van der Waals surface area contributed by atoms with Crippen molar-refractivity contribution in [1.29, 1.82) is 0 Å². The topological polar surface area (TPSA) is 116 Å². The van der Waals surface area contributed by atoms with Crippen LogP contribution in [0.25, 0.3) is 27.6 Å². The van der Waals surface area contributed by atoms with E-state index in [0.29, 0.717) is 16.6 Å². The van der Waals surface area contributed by atoms with E-state index < -0.39 is 30.3 Å². The Balaban J connectivity index is 0.000000429. The van der Waals surface area contributed by atoms with Gasteiger partial charge < -0.3 is 14.9 Å². The van der Waals surface area contributed by atoms with Gasteiger partial charge in [-0.05, 0) is 30.3 Å². The number of rotatable bonds is 6. The number of H-pyrrole nitrogens is 1. The van der Waals surface area contributed by atoms with Crippen LogP contribution in [0.1, 0.15) is 10.4 Å². The van der Waals surface area contributed by atoms with E-state index in [-0.39, 0.29) is 23.2 Å². The Morgan fingerprint density at radius 1 is 1.11 bits per heavy atom. The van der Waals surface area contributed by atoms with E-state index in [2.05, 4.69) is 20.6 Å².